The zero-order valence-electron chi connectivity index (χ0n) is 10.5. The highest BCUT2D eigenvalue weighted by atomic mass is 32.1. The van der Waals surface area contributed by atoms with Gasteiger partial charge >= 0.3 is 0 Å². The molecule has 0 aliphatic heterocycles. The summed E-state index contributed by atoms with van der Waals surface area (Å²) in [5.41, 5.74) is 2.55. The molecule has 0 fully saturated rings. The predicted octanol–water partition coefficient (Wildman–Crippen LogP) is 3.35. The van der Waals surface area contributed by atoms with E-state index >= 15 is 0 Å². The molecule has 0 aliphatic rings. The van der Waals surface area contributed by atoms with Gasteiger partial charge < -0.3 is 5.32 Å². The molecule has 0 saturated carbocycles. The molecule has 0 aromatic carbocycles. The number of aromatic nitrogens is 3. The molecule has 3 aromatic rings. The highest BCUT2D eigenvalue weighted by molar-refractivity contribution is 7.13. The Balaban J connectivity index is 1.67. The van der Waals surface area contributed by atoms with E-state index in [1.807, 2.05) is 23.6 Å². The lowest BCUT2D eigenvalue weighted by molar-refractivity contribution is 0.584. The molecule has 3 rings (SSSR count). The van der Waals surface area contributed by atoms with Crippen molar-refractivity contribution < 1.29 is 4.39 Å². The molecular formula is C14H11FN4S. The van der Waals surface area contributed by atoms with Crippen molar-refractivity contribution in [1.82, 2.24) is 15.0 Å². The molecule has 20 heavy (non-hydrogen) atoms. The molecule has 0 spiro atoms. The minimum Gasteiger partial charge on any atom is -0.378 e. The van der Waals surface area contributed by atoms with E-state index in [0.29, 0.717) is 6.54 Å². The monoisotopic (exact) mass is 286 g/mol. The zero-order valence-corrected chi connectivity index (χ0v) is 11.3. The average molecular weight is 286 g/mol. The molecule has 0 atom stereocenters. The lowest BCUT2D eigenvalue weighted by Gasteiger charge is -2.02. The van der Waals surface area contributed by atoms with Crippen molar-refractivity contribution in [2.75, 3.05) is 5.32 Å². The summed E-state index contributed by atoms with van der Waals surface area (Å²) in [4.78, 5) is 12.4. The van der Waals surface area contributed by atoms with Gasteiger partial charge in [0.1, 0.15) is 5.01 Å². The molecule has 100 valence electrons. The Morgan fingerprint density at radius 3 is 2.85 bits per heavy atom. The van der Waals surface area contributed by atoms with Crippen LogP contribution in [-0.4, -0.2) is 15.0 Å². The summed E-state index contributed by atoms with van der Waals surface area (Å²) in [6.45, 7) is 0.566. The van der Waals surface area contributed by atoms with Crippen LogP contribution in [0, 0.1) is 5.95 Å². The normalized spacial score (nSPS) is 10.4. The number of halogens is 1. The number of nitrogens with one attached hydrogen (secondary N) is 1. The second kappa shape index (κ2) is 5.75. The maximum Gasteiger partial charge on any atom is 0.212 e. The van der Waals surface area contributed by atoms with E-state index in [1.165, 1.54) is 12.3 Å². The molecule has 0 amide bonds. The van der Waals surface area contributed by atoms with Gasteiger partial charge in [0, 0.05) is 11.6 Å². The Hall–Kier alpha value is -2.34. The van der Waals surface area contributed by atoms with Gasteiger partial charge in [-0.3, -0.25) is 4.98 Å². The van der Waals surface area contributed by atoms with E-state index in [0.717, 1.165) is 22.1 Å². The fourth-order valence-corrected chi connectivity index (χ4v) is 2.46. The highest BCUT2D eigenvalue weighted by Crippen LogP contribution is 2.21. The maximum atomic E-state index is 12.7. The van der Waals surface area contributed by atoms with Gasteiger partial charge in [0.05, 0.1) is 29.8 Å². The van der Waals surface area contributed by atoms with Crippen molar-refractivity contribution in [3.8, 4) is 10.7 Å². The van der Waals surface area contributed by atoms with Gasteiger partial charge in [-0.15, -0.1) is 11.3 Å². The van der Waals surface area contributed by atoms with Crippen LogP contribution in [0.2, 0.25) is 0 Å². The molecule has 4 nitrogen and oxygen atoms in total. The third-order valence-corrected chi connectivity index (χ3v) is 3.55. The standard InChI is InChI=1S/C14H11FN4S/c15-13-5-4-10(7-18-13)17-8-11-9-20-14(19-11)12-3-1-2-6-16-12/h1-7,9,17H,8H2. The lowest BCUT2D eigenvalue weighted by Crippen LogP contribution is -2.00. The SMILES string of the molecule is Fc1ccc(NCc2csc(-c3ccccn3)n2)cn1. The third kappa shape index (κ3) is 2.97. The summed E-state index contributed by atoms with van der Waals surface area (Å²) in [6, 6.07) is 8.71. The van der Waals surface area contributed by atoms with Crippen LogP contribution in [0.15, 0.2) is 48.1 Å². The summed E-state index contributed by atoms with van der Waals surface area (Å²) in [7, 11) is 0. The first-order valence-corrected chi connectivity index (χ1v) is 6.90. The van der Waals surface area contributed by atoms with Gasteiger partial charge in [-0.2, -0.15) is 4.39 Å². The number of hydrogen-bond donors (Lipinski definition) is 1. The van der Waals surface area contributed by atoms with E-state index in [4.69, 9.17) is 0 Å². The van der Waals surface area contributed by atoms with Crippen LogP contribution in [0.25, 0.3) is 10.7 Å². The molecule has 0 bridgehead atoms. The molecular weight excluding hydrogens is 275 g/mol. The molecule has 3 heterocycles. The van der Waals surface area contributed by atoms with Crippen molar-refractivity contribution in [2.24, 2.45) is 0 Å². The van der Waals surface area contributed by atoms with Crippen LogP contribution >= 0.6 is 11.3 Å². The highest BCUT2D eigenvalue weighted by Gasteiger charge is 2.05. The summed E-state index contributed by atoms with van der Waals surface area (Å²) >= 11 is 1.55. The Kier molecular flexibility index (Phi) is 3.64. The minimum absolute atomic E-state index is 0.485. The predicted molar refractivity (Wildman–Crippen MR) is 76.9 cm³/mol. The molecule has 1 N–H and O–H groups in total. The number of rotatable bonds is 4. The fourth-order valence-electron chi connectivity index (χ4n) is 1.67. The number of thiazole rings is 1. The summed E-state index contributed by atoms with van der Waals surface area (Å²) in [6.07, 6.45) is 3.21. The van der Waals surface area contributed by atoms with E-state index in [1.54, 1.807) is 23.6 Å². The molecule has 0 saturated heterocycles. The van der Waals surface area contributed by atoms with Crippen molar-refractivity contribution in [2.45, 2.75) is 6.54 Å². The number of anilines is 1. The topological polar surface area (TPSA) is 50.7 Å². The van der Waals surface area contributed by atoms with Crippen molar-refractivity contribution in [1.29, 1.82) is 0 Å². The second-order valence-electron chi connectivity index (χ2n) is 4.08. The van der Waals surface area contributed by atoms with Gasteiger partial charge in [0.25, 0.3) is 0 Å². The van der Waals surface area contributed by atoms with Gasteiger partial charge in [-0.05, 0) is 24.3 Å². The Morgan fingerprint density at radius 1 is 1.15 bits per heavy atom. The maximum absolute atomic E-state index is 12.7. The van der Waals surface area contributed by atoms with Gasteiger partial charge in [-0.25, -0.2) is 9.97 Å². The zero-order chi connectivity index (χ0) is 13.8. The third-order valence-electron chi connectivity index (χ3n) is 2.64. The van der Waals surface area contributed by atoms with Gasteiger partial charge in [0.2, 0.25) is 5.95 Å². The van der Waals surface area contributed by atoms with Crippen LogP contribution in [-0.2, 0) is 6.54 Å². The average Bonchev–Trinajstić information content (AvgIpc) is 2.97. The quantitative estimate of drug-likeness (QED) is 0.747. The Labute approximate surface area is 119 Å². The van der Waals surface area contributed by atoms with E-state index in [2.05, 4.69) is 20.3 Å². The van der Waals surface area contributed by atoms with Crippen LogP contribution in [0.4, 0.5) is 10.1 Å². The minimum atomic E-state index is -0.485. The van der Waals surface area contributed by atoms with Crippen LogP contribution in [0.1, 0.15) is 5.69 Å². The number of nitrogens with zero attached hydrogens (tertiary/aromatic N) is 3. The number of hydrogen-bond acceptors (Lipinski definition) is 5. The number of pyridine rings is 2. The largest absolute Gasteiger partial charge is 0.378 e. The van der Waals surface area contributed by atoms with Crippen LogP contribution < -0.4 is 5.32 Å². The Morgan fingerprint density at radius 2 is 2.10 bits per heavy atom. The fraction of sp³-hybridized carbons (Fsp3) is 0.0714. The molecule has 3 aromatic heterocycles. The van der Waals surface area contributed by atoms with Crippen molar-refractivity contribution in [3.63, 3.8) is 0 Å². The van der Waals surface area contributed by atoms with E-state index in [9.17, 15) is 4.39 Å². The van der Waals surface area contributed by atoms with Gasteiger partial charge in [0.15, 0.2) is 0 Å². The molecule has 6 heteroatoms. The molecule has 0 aliphatic carbocycles. The van der Waals surface area contributed by atoms with Crippen LogP contribution in [0.3, 0.4) is 0 Å². The van der Waals surface area contributed by atoms with Crippen LogP contribution in [0.5, 0.6) is 0 Å². The summed E-state index contributed by atoms with van der Waals surface area (Å²) in [5, 5.41) is 6.02. The first kappa shape index (κ1) is 12.7. The van der Waals surface area contributed by atoms with E-state index in [-0.39, 0.29) is 0 Å². The smallest absolute Gasteiger partial charge is 0.212 e. The Bertz CT molecular complexity index is 682. The van der Waals surface area contributed by atoms with Gasteiger partial charge in [-0.1, -0.05) is 6.07 Å². The van der Waals surface area contributed by atoms with E-state index < -0.39 is 5.95 Å². The van der Waals surface area contributed by atoms with Crippen molar-refractivity contribution in [3.05, 3.63) is 59.7 Å². The summed E-state index contributed by atoms with van der Waals surface area (Å²) < 4.78 is 12.7. The van der Waals surface area contributed by atoms with Crippen molar-refractivity contribution >= 4 is 17.0 Å². The molecule has 0 unspecified atom stereocenters. The molecule has 0 radical (unpaired) electrons. The lowest BCUT2D eigenvalue weighted by atomic mass is 10.3. The first-order valence-electron chi connectivity index (χ1n) is 6.02. The summed E-state index contributed by atoms with van der Waals surface area (Å²) in [5.74, 6) is -0.485. The second-order valence-corrected chi connectivity index (χ2v) is 4.94. The first-order chi connectivity index (χ1) is 9.81.